The topological polar surface area (TPSA) is 92.2 Å². The van der Waals surface area contributed by atoms with Crippen molar-refractivity contribution in [1.29, 1.82) is 0 Å². The molecule has 4 heterocycles. The Morgan fingerprint density at radius 1 is 0.422 bits per heavy atom. The van der Waals surface area contributed by atoms with Crippen molar-refractivity contribution in [2.75, 3.05) is 13.1 Å². The fourth-order valence-corrected chi connectivity index (χ4v) is 19.8. The average molecular weight is 1310 g/mol. The van der Waals surface area contributed by atoms with Gasteiger partial charge in [0.1, 0.15) is 30.7 Å². The highest BCUT2D eigenvalue weighted by Crippen LogP contribution is 2.63. The van der Waals surface area contributed by atoms with Crippen molar-refractivity contribution in [3.05, 3.63) is 116 Å². The monoisotopic (exact) mass is 1310 g/mol. The summed E-state index contributed by atoms with van der Waals surface area (Å²) in [6.07, 6.45) is 27.6. The summed E-state index contributed by atoms with van der Waals surface area (Å²) in [4.78, 5) is 31.7. The quantitative estimate of drug-likeness (QED) is 0.0320. The molecule has 2 aliphatic carbocycles. The molecule has 14 heteroatoms. The first-order valence-electron chi connectivity index (χ1n) is 34.3. The Hall–Kier alpha value is -4.96. The van der Waals surface area contributed by atoms with Crippen LogP contribution >= 0.6 is 71.4 Å². The zero-order valence-electron chi connectivity index (χ0n) is 54.9. The van der Waals surface area contributed by atoms with Crippen molar-refractivity contribution in [3.63, 3.8) is 0 Å². The molecule has 2 fully saturated rings. The number of likely N-dealkylation sites (N-methyl/N-ethyl adjacent to an activating group) is 2. The molecule has 4 aliphatic rings. The molecule has 90 heavy (non-hydrogen) atoms. The number of hydrogen-bond acceptors (Lipinski definition) is 12. The van der Waals surface area contributed by atoms with E-state index in [4.69, 9.17) is 41.9 Å². The highest BCUT2D eigenvalue weighted by Gasteiger charge is 2.51. The molecule has 2 aliphatic heterocycles. The van der Waals surface area contributed by atoms with Gasteiger partial charge in [0, 0.05) is 46.2 Å². The maximum absolute atomic E-state index is 13.5. The summed E-state index contributed by atoms with van der Waals surface area (Å²) >= 11 is 16.5. The molecule has 0 bridgehead atoms. The number of thioether (sulfide) groups is 2. The molecular formula is C76H92N6O2S6. The SMILES string of the molecule is CCCCC(CC)CC1(CC(CC)CCCC)c2cc(-c3ccc(/C=C4\SC(=S)N(CC)C4=O)c4nsnc34)ccc2-c2cc3c(cc21)-c1ccc(-c2ccc(/C=C4\SC(=S)N(CC)C4=O)c4nsnc24)cc1C3(CC(CC)CCCC)CC(CC)CCCC. The summed E-state index contributed by atoms with van der Waals surface area (Å²) in [7, 11) is 0. The smallest absolute Gasteiger partial charge is 0.266 e. The van der Waals surface area contributed by atoms with E-state index in [0.29, 0.717) is 55.2 Å². The van der Waals surface area contributed by atoms with Gasteiger partial charge in [0.05, 0.1) is 33.3 Å². The van der Waals surface area contributed by atoms with Gasteiger partial charge >= 0.3 is 0 Å². The van der Waals surface area contributed by atoms with Crippen molar-refractivity contribution in [3.8, 4) is 44.5 Å². The molecule has 0 spiro atoms. The zero-order chi connectivity index (χ0) is 63.4. The minimum Gasteiger partial charge on any atom is -0.293 e. The van der Waals surface area contributed by atoms with Crippen LogP contribution in [-0.2, 0) is 20.4 Å². The Morgan fingerprint density at radius 3 is 1.06 bits per heavy atom. The van der Waals surface area contributed by atoms with Gasteiger partial charge in [-0.15, -0.1) is 0 Å². The Kier molecular flexibility index (Phi) is 21.5. The molecule has 2 aromatic heterocycles. The van der Waals surface area contributed by atoms with E-state index in [1.54, 1.807) is 9.80 Å². The van der Waals surface area contributed by atoms with Gasteiger partial charge in [0.25, 0.3) is 11.8 Å². The minimum absolute atomic E-state index is 0.0456. The van der Waals surface area contributed by atoms with E-state index in [2.05, 4.69) is 128 Å². The Labute approximate surface area is 564 Å². The van der Waals surface area contributed by atoms with Crippen LogP contribution in [0.5, 0.6) is 0 Å². The van der Waals surface area contributed by atoms with E-state index in [1.165, 1.54) is 180 Å². The fourth-order valence-electron chi connectivity index (χ4n) is 15.9. The first-order valence-corrected chi connectivity index (χ1v) is 38.2. The Bertz CT molecular complexity index is 3610. The number of unbranched alkanes of at least 4 members (excludes halogenated alkanes) is 4. The van der Waals surface area contributed by atoms with Crippen molar-refractivity contribution in [2.24, 2.45) is 23.7 Å². The second-order valence-electron chi connectivity index (χ2n) is 26.3. The van der Waals surface area contributed by atoms with Gasteiger partial charge < -0.3 is 0 Å². The third-order valence-corrected chi connectivity index (χ3v) is 24.8. The van der Waals surface area contributed by atoms with Crippen LogP contribution in [0.4, 0.5) is 0 Å². The van der Waals surface area contributed by atoms with Gasteiger partial charge in [-0.05, 0) is 155 Å². The minimum atomic E-state index is -0.237. The molecule has 2 saturated heterocycles. The number of thiocarbonyl (C=S) groups is 2. The molecule has 474 valence electrons. The average Bonchev–Trinajstić information content (AvgIpc) is 1.53. The summed E-state index contributed by atoms with van der Waals surface area (Å²) in [5.74, 6) is 2.13. The lowest BCUT2D eigenvalue weighted by Crippen LogP contribution is -2.32. The number of nitrogens with zero attached hydrogens (tertiary/aromatic N) is 6. The lowest BCUT2D eigenvalue weighted by Gasteiger charge is -2.40. The fraction of sp³-hybridized carbons (Fsp3) is 0.500. The highest BCUT2D eigenvalue weighted by molar-refractivity contribution is 8.27. The third-order valence-electron chi connectivity index (χ3n) is 21.0. The maximum atomic E-state index is 13.5. The summed E-state index contributed by atoms with van der Waals surface area (Å²) in [5, 5.41) is 0. The molecule has 4 atom stereocenters. The normalized spacial score (nSPS) is 20.1. The summed E-state index contributed by atoms with van der Waals surface area (Å²) in [6, 6.07) is 29.3. The predicted octanol–water partition coefficient (Wildman–Crippen LogP) is 22.4. The predicted molar refractivity (Wildman–Crippen MR) is 394 cm³/mol. The largest absolute Gasteiger partial charge is 0.293 e. The van der Waals surface area contributed by atoms with Gasteiger partial charge in [0.2, 0.25) is 0 Å². The number of hydrogen-bond donors (Lipinski definition) is 0. The number of aromatic nitrogens is 4. The van der Waals surface area contributed by atoms with Gasteiger partial charge in [-0.1, -0.05) is 255 Å². The number of benzene rings is 5. The molecular weight excluding hydrogens is 1220 g/mol. The van der Waals surface area contributed by atoms with Crippen molar-refractivity contribution in [1.82, 2.24) is 27.3 Å². The number of carbonyl (C=O) groups is 2. The maximum Gasteiger partial charge on any atom is 0.266 e. The molecule has 11 rings (SSSR count). The van der Waals surface area contributed by atoms with E-state index in [1.807, 2.05) is 26.0 Å². The first-order chi connectivity index (χ1) is 43.8. The molecule has 0 N–H and O–H groups in total. The number of carbonyl (C=O) groups excluding carboxylic acids is 2. The van der Waals surface area contributed by atoms with Crippen LogP contribution in [0.15, 0.2) is 82.6 Å². The third kappa shape index (κ3) is 12.5. The van der Waals surface area contributed by atoms with E-state index in [0.717, 1.165) is 95.7 Å². The first kappa shape index (κ1) is 66.5. The number of amides is 2. The lowest BCUT2D eigenvalue weighted by molar-refractivity contribution is -0.122. The highest BCUT2D eigenvalue weighted by atomic mass is 32.2. The van der Waals surface area contributed by atoms with E-state index >= 15 is 0 Å². The van der Waals surface area contributed by atoms with Gasteiger partial charge in [-0.2, -0.15) is 17.5 Å². The summed E-state index contributed by atoms with van der Waals surface area (Å²) in [6.45, 7) is 24.3. The van der Waals surface area contributed by atoms with Gasteiger partial charge in [0.15, 0.2) is 0 Å². The number of fused-ring (bicyclic) bond motifs is 8. The van der Waals surface area contributed by atoms with Crippen LogP contribution in [0.25, 0.3) is 78.7 Å². The molecule has 5 aromatic carbocycles. The van der Waals surface area contributed by atoms with E-state index in [-0.39, 0.29) is 22.6 Å². The molecule has 8 nitrogen and oxygen atoms in total. The van der Waals surface area contributed by atoms with Crippen molar-refractivity contribution in [2.45, 2.75) is 208 Å². The van der Waals surface area contributed by atoms with E-state index < -0.39 is 0 Å². The van der Waals surface area contributed by atoms with Crippen LogP contribution < -0.4 is 0 Å². The molecule has 7 aromatic rings. The zero-order valence-corrected chi connectivity index (χ0v) is 59.8. The molecule has 2 amide bonds. The second-order valence-corrected chi connectivity index (χ2v) is 30.7. The van der Waals surface area contributed by atoms with Crippen LogP contribution in [0.3, 0.4) is 0 Å². The standard InChI is InChI=1S/C76H92N6O2S6/c1-11-21-25-47(15-5)43-75(44-48(16-6)26-22-12-2)61-37-51(55-33-31-53(67-69(55)79-89-77-67)39-65-71(83)81(19-9)73(85)87-65)29-35-57(61)59-42-64-60(41-63(59)75)58-36-30-52(38-62(58)76(64,45-49(17-7)27-23-13-3)46-50(18-8)28-24-14-4)56-34-32-54(68-70(56)80-90-78-68)40-66-72(84)82(20-10)74(86)88-66/h29-42,47-50H,11-28,43-46H2,1-10H3/b65-39-,66-40-. The van der Waals surface area contributed by atoms with Crippen molar-refractivity contribution >= 4 is 126 Å². The summed E-state index contributed by atoms with van der Waals surface area (Å²) in [5.41, 5.74) is 20.9. The van der Waals surface area contributed by atoms with Crippen LogP contribution in [0.2, 0.25) is 0 Å². The molecule has 0 saturated carbocycles. The van der Waals surface area contributed by atoms with Crippen molar-refractivity contribution < 1.29 is 9.59 Å². The Morgan fingerprint density at radius 2 is 0.744 bits per heavy atom. The van der Waals surface area contributed by atoms with Gasteiger partial charge in [-0.3, -0.25) is 19.4 Å². The van der Waals surface area contributed by atoms with Crippen LogP contribution in [0, 0.1) is 23.7 Å². The second kappa shape index (κ2) is 29.1. The molecule has 4 unspecified atom stereocenters. The van der Waals surface area contributed by atoms with E-state index in [9.17, 15) is 9.59 Å². The Balaban J connectivity index is 1.14. The summed E-state index contributed by atoms with van der Waals surface area (Å²) < 4.78 is 21.2. The van der Waals surface area contributed by atoms with Crippen LogP contribution in [-0.4, -0.2) is 60.8 Å². The van der Waals surface area contributed by atoms with Gasteiger partial charge in [-0.25, -0.2) is 0 Å². The number of rotatable bonds is 30. The molecule has 0 radical (unpaired) electrons. The van der Waals surface area contributed by atoms with Crippen LogP contribution in [0.1, 0.15) is 231 Å². The lowest BCUT2D eigenvalue weighted by atomic mass is 9.63.